The molecule has 0 unspecified atom stereocenters. The van der Waals surface area contributed by atoms with Crippen molar-refractivity contribution in [1.82, 2.24) is 9.55 Å². The Labute approximate surface area is 96.1 Å². The van der Waals surface area contributed by atoms with E-state index < -0.39 is 0 Å². The van der Waals surface area contributed by atoms with Gasteiger partial charge < -0.3 is 9.88 Å². The molecule has 84 valence electrons. The summed E-state index contributed by atoms with van der Waals surface area (Å²) in [4.78, 5) is 4.42. The zero-order valence-corrected chi connectivity index (χ0v) is 10.2. The molecule has 0 fully saturated rings. The predicted octanol–water partition coefficient (Wildman–Crippen LogP) is 3.09. The van der Waals surface area contributed by atoms with Crippen LogP contribution in [0.5, 0.6) is 0 Å². The second kappa shape index (κ2) is 4.00. The zero-order chi connectivity index (χ0) is 11.7. The highest BCUT2D eigenvalue weighted by Crippen LogP contribution is 2.20. The van der Waals surface area contributed by atoms with E-state index in [1.54, 1.807) is 0 Å². The Morgan fingerprint density at radius 1 is 1.19 bits per heavy atom. The first kappa shape index (κ1) is 10.7. The fraction of sp³-hybridized carbons (Fsp3) is 0.308. The summed E-state index contributed by atoms with van der Waals surface area (Å²) in [5.41, 5.74) is 4.65. The summed E-state index contributed by atoms with van der Waals surface area (Å²) >= 11 is 0. The lowest BCUT2D eigenvalue weighted by molar-refractivity contribution is 0.923. The molecule has 1 N–H and O–H groups in total. The lowest BCUT2D eigenvalue weighted by Crippen LogP contribution is -2.00. The molecule has 1 aromatic heterocycles. The first-order chi connectivity index (χ1) is 7.56. The molecule has 2 rings (SSSR count). The Kier molecular flexibility index (Phi) is 2.69. The standard InChI is InChI=1S/C13H17N3/c1-9-5-6-12(10(2)7-9)15-13-14-11(3)8-16(13)4/h5-8H,1-4H3,(H,14,15). The summed E-state index contributed by atoms with van der Waals surface area (Å²) in [5.74, 6) is 0.879. The molecule has 0 saturated heterocycles. The lowest BCUT2D eigenvalue weighted by Gasteiger charge is -2.09. The summed E-state index contributed by atoms with van der Waals surface area (Å²) in [6, 6.07) is 6.36. The van der Waals surface area contributed by atoms with Crippen molar-refractivity contribution in [1.29, 1.82) is 0 Å². The normalized spacial score (nSPS) is 10.5. The van der Waals surface area contributed by atoms with Gasteiger partial charge in [0.1, 0.15) is 0 Å². The van der Waals surface area contributed by atoms with Crippen molar-refractivity contribution in [2.75, 3.05) is 5.32 Å². The van der Waals surface area contributed by atoms with E-state index in [4.69, 9.17) is 0 Å². The van der Waals surface area contributed by atoms with Crippen LogP contribution in [-0.4, -0.2) is 9.55 Å². The number of benzene rings is 1. The van der Waals surface area contributed by atoms with E-state index in [9.17, 15) is 0 Å². The number of hydrogen-bond acceptors (Lipinski definition) is 2. The lowest BCUT2D eigenvalue weighted by atomic mass is 10.1. The van der Waals surface area contributed by atoms with Crippen molar-refractivity contribution < 1.29 is 0 Å². The van der Waals surface area contributed by atoms with Crippen LogP contribution in [-0.2, 0) is 7.05 Å². The summed E-state index contributed by atoms with van der Waals surface area (Å²) in [6.07, 6.45) is 2.01. The van der Waals surface area contributed by atoms with Gasteiger partial charge in [0, 0.05) is 18.9 Å². The molecule has 3 heteroatoms. The van der Waals surface area contributed by atoms with Crippen LogP contribution in [0.15, 0.2) is 24.4 Å². The minimum absolute atomic E-state index is 0.879. The highest BCUT2D eigenvalue weighted by molar-refractivity contribution is 5.59. The first-order valence-corrected chi connectivity index (χ1v) is 5.40. The van der Waals surface area contributed by atoms with E-state index in [0.717, 1.165) is 17.3 Å². The molecule has 0 saturated carbocycles. The zero-order valence-electron chi connectivity index (χ0n) is 10.2. The third-order valence-corrected chi connectivity index (χ3v) is 2.63. The van der Waals surface area contributed by atoms with Gasteiger partial charge in [0.25, 0.3) is 0 Å². The maximum atomic E-state index is 4.42. The van der Waals surface area contributed by atoms with Gasteiger partial charge in [-0.1, -0.05) is 17.7 Å². The SMILES string of the molecule is Cc1ccc(Nc2nc(C)cn2C)c(C)c1. The smallest absolute Gasteiger partial charge is 0.207 e. The van der Waals surface area contributed by atoms with Crippen LogP contribution in [0, 0.1) is 20.8 Å². The van der Waals surface area contributed by atoms with Crippen molar-refractivity contribution in [2.45, 2.75) is 20.8 Å². The maximum Gasteiger partial charge on any atom is 0.207 e. The number of imidazole rings is 1. The second-order valence-electron chi connectivity index (χ2n) is 4.26. The molecule has 0 radical (unpaired) electrons. The van der Waals surface area contributed by atoms with Crippen molar-refractivity contribution in [3.63, 3.8) is 0 Å². The van der Waals surface area contributed by atoms with Crippen LogP contribution in [0.2, 0.25) is 0 Å². The molecule has 0 bridgehead atoms. The molecule has 16 heavy (non-hydrogen) atoms. The number of aromatic nitrogens is 2. The predicted molar refractivity (Wildman–Crippen MR) is 67.1 cm³/mol. The molecule has 0 aliphatic rings. The van der Waals surface area contributed by atoms with Crippen LogP contribution in [0.3, 0.4) is 0 Å². The van der Waals surface area contributed by atoms with Crippen LogP contribution >= 0.6 is 0 Å². The third kappa shape index (κ3) is 2.08. The number of hydrogen-bond donors (Lipinski definition) is 1. The van der Waals surface area contributed by atoms with Crippen LogP contribution in [0.25, 0.3) is 0 Å². The quantitative estimate of drug-likeness (QED) is 0.834. The number of nitrogens with zero attached hydrogens (tertiary/aromatic N) is 2. The Morgan fingerprint density at radius 2 is 1.94 bits per heavy atom. The Hall–Kier alpha value is -1.77. The van der Waals surface area contributed by atoms with E-state index in [2.05, 4.69) is 42.3 Å². The first-order valence-electron chi connectivity index (χ1n) is 5.40. The largest absolute Gasteiger partial charge is 0.325 e. The van der Waals surface area contributed by atoms with E-state index in [0.29, 0.717) is 0 Å². The molecule has 0 atom stereocenters. The van der Waals surface area contributed by atoms with E-state index >= 15 is 0 Å². The van der Waals surface area contributed by atoms with Crippen molar-refractivity contribution >= 4 is 11.6 Å². The maximum absolute atomic E-state index is 4.42. The van der Waals surface area contributed by atoms with Gasteiger partial charge in [-0.25, -0.2) is 4.98 Å². The van der Waals surface area contributed by atoms with Gasteiger partial charge in [-0.05, 0) is 32.4 Å². The van der Waals surface area contributed by atoms with Gasteiger partial charge in [-0.15, -0.1) is 0 Å². The molecule has 0 spiro atoms. The summed E-state index contributed by atoms with van der Waals surface area (Å²) in [7, 11) is 1.99. The fourth-order valence-electron chi connectivity index (χ4n) is 1.81. The van der Waals surface area contributed by atoms with Gasteiger partial charge in [0.15, 0.2) is 0 Å². The van der Waals surface area contributed by atoms with Crippen molar-refractivity contribution in [3.8, 4) is 0 Å². The number of anilines is 2. The van der Waals surface area contributed by atoms with Gasteiger partial charge >= 0.3 is 0 Å². The molecule has 0 amide bonds. The Morgan fingerprint density at radius 3 is 2.50 bits per heavy atom. The summed E-state index contributed by atoms with van der Waals surface area (Å²) in [5, 5.41) is 3.34. The number of rotatable bonds is 2. The number of nitrogens with one attached hydrogen (secondary N) is 1. The Bertz CT molecular complexity index is 512. The second-order valence-corrected chi connectivity index (χ2v) is 4.26. The topological polar surface area (TPSA) is 29.9 Å². The van der Waals surface area contributed by atoms with Crippen LogP contribution < -0.4 is 5.32 Å². The van der Waals surface area contributed by atoms with Crippen LogP contribution in [0.1, 0.15) is 16.8 Å². The van der Waals surface area contributed by atoms with Crippen LogP contribution in [0.4, 0.5) is 11.6 Å². The van der Waals surface area contributed by atoms with Gasteiger partial charge in [0.05, 0.1) is 5.69 Å². The van der Waals surface area contributed by atoms with Gasteiger partial charge in [-0.2, -0.15) is 0 Å². The third-order valence-electron chi connectivity index (χ3n) is 2.63. The summed E-state index contributed by atoms with van der Waals surface area (Å²) in [6.45, 7) is 6.19. The minimum Gasteiger partial charge on any atom is -0.325 e. The summed E-state index contributed by atoms with van der Waals surface area (Å²) < 4.78 is 1.99. The molecule has 1 aromatic carbocycles. The van der Waals surface area contributed by atoms with E-state index in [-0.39, 0.29) is 0 Å². The fourth-order valence-corrected chi connectivity index (χ4v) is 1.81. The number of aryl methyl sites for hydroxylation is 4. The molecule has 0 aliphatic carbocycles. The molecular formula is C13H17N3. The molecule has 1 heterocycles. The molecule has 0 aliphatic heterocycles. The van der Waals surface area contributed by atoms with Gasteiger partial charge in [0.2, 0.25) is 5.95 Å². The minimum atomic E-state index is 0.879. The highest BCUT2D eigenvalue weighted by Gasteiger charge is 2.04. The van der Waals surface area contributed by atoms with Crippen molar-refractivity contribution in [3.05, 3.63) is 41.2 Å². The molecular weight excluding hydrogens is 198 g/mol. The highest BCUT2D eigenvalue weighted by atomic mass is 15.2. The average molecular weight is 215 g/mol. The van der Waals surface area contributed by atoms with E-state index in [1.165, 1.54) is 11.1 Å². The Balaban J connectivity index is 2.30. The van der Waals surface area contributed by atoms with E-state index in [1.807, 2.05) is 24.7 Å². The van der Waals surface area contributed by atoms with Crippen molar-refractivity contribution in [2.24, 2.45) is 7.05 Å². The van der Waals surface area contributed by atoms with Gasteiger partial charge in [-0.3, -0.25) is 0 Å². The molecule has 3 nitrogen and oxygen atoms in total. The average Bonchev–Trinajstić information content (AvgIpc) is 2.50. The monoisotopic (exact) mass is 215 g/mol. The molecule has 2 aromatic rings.